The van der Waals surface area contributed by atoms with Crippen molar-refractivity contribution in [3.8, 4) is 0 Å². The Morgan fingerprint density at radius 3 is 2.53 bits per heavy atom. The van der Waals surface area contributed by atoms with Crippen molar-refractivity contribution in [3.05, 3.63) is 77.9 Å². The maximum Gasteiger partial charge on any atom is 0.408 e. The molecule has 13 heteroatoms. The first-order valence-electron chi connectivity index (χ1n) is 12.1. The fraction of sp³-hybridized carbons (Fsp3) is 0.360. The molecule has 0 saturated carbocycles. The van der Waals surface area contributed by atoms with E-state index in [2.05, 4.69) is 25.3 Å². The molecule has 0 radical (unpaired) electrons. The lowest BCUT2D eigenvalue weighted by molar-refractivity contribution is -0.119. The first-order chi connectivity index (χ1) is 18.3. The molecule has 4 N–H and O–H groups in total. The predicted molar refractivity (Wildman–Crippen MR) is 138 cm³/mol. The molecule has 4 rings (SSSR count). The Kier molecular flexibility index (Phi) is 9.05. The maximum absolute atomic E-state index is 13.3. The Balaban J connectivity index is 1.43. The van der Waals surface area contributed by atoms with Crippen molar-refractivity contribution < 1.29 is 27.3 Å². The van der Waals surface area contributed by atoms with Crippen molar-refractivity contribution in [3.63, 3.8) is 0 Å². The highest BCUT2D eigenvalue weighted by atomic mass is 32.2. The molecule has 2 amide bonds. The van der Waals surface area contributed by atoms with Crippen LogP contribution in [0.25, 0.3) is 0 Å². The number of hydrogen-bond acceptors (Lipinski definition) is 9. The number of anilines is 1. The molecule has 1 aliphatic rings. The molecule has 202 valence electrons. The van der Waals surface area contributed by atoms with Gasteiger partial charge in [-0.2, -0.15) is 4.98 Å². The Bertz CT molecular complexity index is 1310. The van der Waals surface area contributed by atoms with Gasteiger partial charge in [0.2, 0.25) is 22.3 Å². The highest BCUT2D eigenvalue weighted by Gasteiger charge is 2.36. The second-order valence-electron chi connectivity index (χ2n) is 8.92. The van der Waals surface area contributed by atoms with Gasteiger partial charge >= 0.3 is 6.09 Å². The van der Waals surface area contributed by atoms with Crippen molar-refractivity contribution in [2.75, 3.05) is 18.4 Å². The SMILES string of the molecule is NCc1cccc(NC(=O)[C@@H](NC(=O)OCc2ccccc2)C2CCN(S(=O)(=O)Cc3ncon3)CC2)c1. The second-order valence-corrected chi connectivity index (χ2v) is 10.9. The van der Waals surface area contributed by atoms with Gasteiger partial charge in [0.1, 0.15) is 18.4 Å². The van der Waals surface area contributed by atoms with Crippen LogP contribution in [0.2, 0.25) is 0 Å². The van der Waals surface area contributed by atoms with E-state index in [1.807, 2.05) is 36.4 Å². The molecule has 1 saturated heterocycles. The van der Waals surface area contributed by atoms with Gasteiger partial charge in [-0.3, -0.25) is 4.79 Å². The quantitative estimate of drug-likeness (QED) is 0.347. The van der Waals surface area contributed by atoms with Crippen molar-refractivity contribution in [1.82, 2.24) is 19.8 Å². The highest BCUT2D eigenvalue weighted by molar-refractivity contribution is 7.88. The zero-order valence-corrected chi connectivity index (χ0v) is 21.5. The number of ether oxygens (including phenoxy) is 1. The van der Waals surface area contributed by atoms with Crippen molar-refractivity contribution in [2.45, 2.75) is 37.8 Å². The van der Waals surface area contributed by atoms with Crippen molar-refractivity contribution in [1.29, 1.82) is 0 Å². The summed E-state index contributed by atoms with van der Waals surface area (Å²) in [4.78, 5) is 29.8. The van der Waals surface area contributed by atoms with Gasteiger partial charge in [0.05, 0.1) is 0 Å². The third-order valence-electron chi connectivity index (χ3n) is 6.28. The second kappa shape index (κ2) is 12.6. The number of hydrogen-bond donors (Lipinski definition) is 3. The topological polar surface area (TPSA) is 170 Å². The number of rotatable bonds is 10. The third kappa shape index (κ3) is 7.37. The molecule has 2 heterocycles. The normalized spacial score (nSPS) is 15.5. The minimum absolute atomic E-state index is 0.0479. The van der Waals surface area contributed by atoms with Crippen molar-refractivity contribution in [2.24, 2.45) is 11.7 Å². The van der Waals surface area contributed by atoms with Gasteiger partial charge in [-0.25, -0.2) is 17.5 Å². The molecule has 1 aromatic heterocycles. The first kappa shape index (κ1) is 27.2. The van der Waals surface area contributed by atoms with E-state index < -0.39 is 28.1 Å². The average molecular weight is 543 g/mol. The zero-order valence-electron chi connectivity index (χ0n) is 20.7. The van der Waals surface area contributed by atoms with Crippen LogP contribution in [0.15, 0.2) is 65.5 Å². The highest BCUT2D eigenvalue weighted by Crippen LogP contribution is 2.25. The van der Waals surface area contributed by atoms with Gasteiger partial charge in [0, 0.05) is 25.3 Å². The number of aromatic nitrogens is 2. The molecule has 3 aromatic rings. The molecule has 0 spiro atoms. The lowest BCUT2D eigenvalue weighted by Gasteiger charge is -2.34. The minimum Gasteiger partial charge on any atom is -0.445 e. The number of carbonyl (C=O) groups excluding carboxylic acids is 2. The number of carbonyl (C=O) groups is 2. The minimum atomic E-state index is -3.67. The van der Waals surface area contributed by atoms with Crippen LogP contribution in [-0.4, -0.2) is 54.0 Å². The number of alkyl carbamates (subject to hydrolysis) is 1. The summed E-state index contributed by atoms with van der Waals surface area (Å²) in [5.74, 6) is -1.05. The van der Waals surface area contributed by atoms with Crippen LogP contribution in [0.1, 0.15) is 29.8 Å². The molecule has 0 bridgehead atoms. The summed E-state index contributed by atoms with van der Waals surface area (Å²) in [6, 6.07) is 15.4. The Morgan fingerprint density at radius 1 is 1.11 bits per heavy atom. The van der Waals surface area contributed by atoms with E-state index in [1.165, 1.54) is 4.31 Å². The molecule has 12 nitrogen and oxygen atoms in total. The lowest BCUT2D eigenvalue weighted by Crippen LogP contribution is -2.52. The van der Waals surface area contributed by atoms with Crippen LogP contribution >= 0.6 is 0 Å². The maximum atomic E-state index is 13.3. The lowest BCUT2D eigenvalue weighted by atomic mass is 9.89. The fourth-order valence-corrected chi connectivity index (χ4v) is 5.69. The predicted octanol–water partition coefficient (Wildman–Crippen LogP) is 2.00. The smallest absolute Gasteiger partial charge is 0.408 e. The number of piperidine rings is 1. The van der Waals surface area contributed by atoms with Crippen LogP contribution in [-0.2, 0) is 38.5 Å². The summed E-state index contributed by atoms with van der Waals surface area (Å²) in [5.41, 5.74) is 7.91. The summed E-state index contributed by atoms with van der Waals surface area (Å²) < 4.78 is 36.9. The number of sulfonamides is 1. The summed E-state index contributed by atoms with van der Waals surface area (Å²) in [6.45, 7) is 0.719. The largest absolute Gasteiger partial charge is 0.445 e. The Morgan fingerprint density at radius 2 is 1.84 bits per heavy atom. The zero-order chi connectivity index (χ0) is 27.0. The number of amides is 2. The van der Waals surface area contributed by atoms with Crippen LogP contribution in [0, 0.1) is 5.92 Å². The van der Waals surface area contributed by atoms with E-state index in [-0.39, 0.29) is 37.2 Å². The van der Waals surface area contributed by atoms with Gasteiger partial charge in [-0.05, 0) is 42.0 Å². The Hall–Kier alpha value is -3.81. The van der Waals surface area contributed by atoms with E-state index in [0.717, 1.165) is 17.5 Å². The average Bonchev–Trinajstić information content (AvgIpc) is 3.43. The summed E-state index contributed by atoms with van der Waals surface area (Å²) in [6.07, 6.45) is 1.04. The van der Waals surface area contributed by atoms with Crippen LogP contribution in [0.5, 0.6) is 0 Å². The van der Waals surface area contributed by atoms with E-state index in [9.17, 15) is 18.0 Å². The summed E-state index contributed by atoms with van der Waals surface area (Å²) in [7, 11) is -3.67. The van der Waals surface area contributed by atoms with Gasteiger partial charge < -0.3 is 25.6 Å². The molecule has 1 aliphatic heterocycles. The van der Waals surface area contributed by atoms with Crippen LogP contribution < -0.4 is 16.4 Å². The van der Waals surface area contributed by atoms with Gasteiger partial charge in [0.15, 0.2) is 5.82 Å². The van der Waals surface area contributed by atoms with Crippen LogP contribution in [0.4, 0.5) is 10.5 Å². The number of nitrogens with one attached hydrogen (secondary N) is 2. The molecular formula is C25H30N6O6S. The van der Waals surface area contributed by atoms with E-state index in [1.54, 1.807) is 18.2 Å². The standard InChI is InChI=1S/C25H30N6O6S/c26-14-19-7-4-8-21(13-19)28-24(32)23(29-25(33)36-15-18-5-2-1-3-6-18)20-9-11-31(12-10-20)38(34,35)16-22-27-17-37-30-22/h1-8,13,17,20,23H,9-12,14-16,26H2,(H,28,32)(H,29,33)/t23-/m0/s1. The summed E-state index contributed by atoms with van der Waals surface area (Å²) in [5, 5.41) is 9.11. The van der Waals surface area contributed by atoms with Crippen molar-refractivity contribution >= 4 is 27.7 Å². The molecule has 2 aromatic carbocycles. The van der Waals surface area contributed by atoms with E-state index in [4.69, 9.17) is 10.5 Å². The first-order valence-corrected chi connectivity index (χ1v) is 13.7. The number of benzene rings is 2. The monoisotopic (exact) mass is 542 g/mol. The van der Waals surface area contributed by atoms with Gasteiger partial charge in [-0.1, -0.05) is 47.6 Å². The number of nitrogens with zero attached hydrogens (tertiary/aromatic N) is 3. The number of nitrogens with two attached hydrogens (primary N) is 1. The Labute approximate surface area is 220 Å². The fourth-order valence-electron chi connectivity index (χ4n) is 4.28. The van der Waals surface area contributed by atoms with Crippen LogP contribution in [0.3, 0.4) is 0 Å². The molecule has 0 aliphatic carbocycles. The van der Waals surface area contributed by atoms with E-state index in [0.29, 0.717) is 25.1 Å². The van der Waals surface area contributed by atoms with Gasteiger partial charge in [-0.15, -0.1) is 0 Å². The molecule has 0 unspecified atom stereocenters. The molecule has 38 heavy (non-hydrogen) atoms. The van der Waals surface area contributed by atoms with Gasteiger partial charge in [0.25, 0.3) is 0 Å². The molecular weight excluding hydrogens is 512 g/mol. The van der Waals surface area contributed by atoms with E-state index >= 15 is 0 Å². The molecule has 1 atom stereocenters. The summed E-state index contributed by atoms with van der Waals surface area (Å²) >= 11 is 0. The molecule has 1 fully saturated rings. The third-order valence-corrected chi connectivity index (χ3v) is 8.06.